The van der Waals surface area contributed by atoms with Gasteiger partial charge in [0.05, 0.1) is 0 Å². The Kier molecular flexibility index (Phi) is 3.78. The first-order valence-electron chi connectivity index (χ1n) is 6.52. The largest absolute Gasteiger partial charge is 0.320 e. The summed E-state index contributed by atoms with van der Waals surface area (Å²) in [7, 11) is 2.06. The first kappa shape index (κ1) is 13.0. The Morgan fingerprint density at radius 1 is 1.19 bits per heavy atom. The molecule has 94 valence electrons. The van der Waals surface area contributed by atoms with Crippen LogP contribution >= 0.6 is 24.0 Å². The highest BCUT2D eigenvalue weighted by Gasteiger charge is 2.55. The molecule has 3 atom stereocenters. The van der Waals surface area contributed by atoms with Gasteiger partial charge in [-0.2, -0.15) is 0 Å². The monoisotopic (exact) mass is 263 g/mol. The molecule has 0 radical (unpaired) electrons. The molecule has 1 N–H and O–H groups in total. The fourth-order valence-corrected chi connectivity index (χ4v) is 5.36. The zero-order valence-electron chi connectivity index (χ0n) is 10.0. The molecule has 4 fully saturated rings. The van der Waals surface area contributed by atoms with Crippen LogP contribution in [0.15, 0.2) is 0 Å². The van der Waals surface area contributed by atoms with Gasteiger partial charge in [0.25, 0.3) is 0 Å². The van der Waals surface area contributed by atoms with Crippen molar-refractivity contribution in [3.63, 3.8) is 0 Å². The first-order valence-corrected chi connectivity index (χ1v) is 6.96. The van der Waals surface area contributed by atoms with Crippen LogP contribution in [0.1, 0.15) is 38.5 Å². The molecule has 16 heavy (non-hydrogen) atoms. The van der Waals surface area contributed by atoms with E-state index in [9.17, 15) is 0 Å². The Morgan fingerprint density at radius 3 is 2.38 bits per heavy atom. The van der Waals surface area contributed by atoms with Crippen LogP contribution < -0.4 is 5.32 Å². The van der Waals surface area contributed by atoms with E-state index in [0.29, 0.717) is 10.8 Å². The van der Waals surface area contributed by atoms with E-state index in [2.05, 4.69) is 12.4 Å². The van der Waals surface area contributed by atoms with Crippen LogP contribution in [0.2, 0.25) is 0 Å². The zero-order valence-corrected chi connectivity index (χ0v) is 11.6. The Labute approximate surface area is 110 Å². The molecule has 4 saturated carbocycles. The van der Waals surface area contributed by atoms with Crippen molar-refractivity contribution in [3.05, 3.63) is 0 Å². The summed E-state index contributed by atoms with van der Waals surface area (Å²) in [5.74, 6) is 2.90. The quantitative estimate of drug-likeness (QED) is 0.770. The van der Waals surface area contributed by atoms with Gasteiger partial charge in [-0.1, -0.05) is 0 Å². The maximum absolute atomic E-state index is 6.74. The molecule has 4 rings (SSSR count). The van der Waals surface area contributed by atoms with Gasteiger partial charge in [-0.3, -0.25) is 0 Å². The normalized spacial score (nSPS) is 49.1. The second-order valence-electron chi connectivity index (χ2n) is 6.23. The molecule has 3 heteroatoms. The van der Waals surface area contributed by atoms with Crippen molar-refractivity contribution < 1.29 is 0 Å². The van der Waals surface area contributed by atoms with E-state index in [1.54, 1.807) is 0 Å². The van der Waals surface area contributed by atoms with Gasteiger partial charge >= 0.3 is 0 Å². The van der Waals surface area contributed by atoms with Crippen molar-refractivity contribution in [2.45, 2.75) is 43.9 Å². The van der Waals surface area contributed by atoms with Crippen molar-refractivity contribution in [1.82, 2.24) is 5.32 Å². The minimum Gasteiger partial charge on any atom is -0.320 e. The molecule has 0 aromatic rings. The second-order valence-corrected chi connectivity index (χ2v) is 6.70. The van der Waals surface area contributed by atoms with Crippen LogP contribution in [-0.2, 0) is 0 Å². The van der Waals surface area contributed by atoms with E-state index in [0.717, 1.165) is 24.3 Å². The second kappa shape index (κ2) is 4.66. The highest BCUT2D eigenvalue weighted by molar-refractivity contribution is 6.21. The number of hydrogen-bond acceptors (Lipinski definition) is 1. The summed E-state index contributed by atoms with van der Waals surface area (Å²) in [5.41, 5.74) is 0.513. The third-order valence-electron chi connectivity index (χ3n) is 5.20. The van der Waals surface area contributed by atoms with Crippen LogP contribution in [0.4, 0.5) is 0 Å². The molecule has 0 heterocycles. The Hall–Kier alpha value is 0.540. The van der Waals surface area contributed by atoms with E-state index in [4.69, 9.17) is 11.6 Å². The van der Waals surface area contributed by atoms with Gasteiger partial charge in [-0.15, -0.1) is 24.0 Å². The SMILES string of the molecule is CNCCC12CC3CC(CC(C3)C1Cl)C2.Cl. The lowest BCUT2D eigenvalue weighted by atomic mass is 9.48. The van der Waals surface area contributed by atoms with Crippen LogP contribution in [0.3, 0.4) is 0 Å². The number of alkyl halides is 1. The molecule has 4 aliphatic rings. The molecule has 4 aliphatic carbocycles. The Bertz CT molecular complexity index is 242. The van der Waals surface area contributed by atoms with E-state index in [1.807, 2.05) is 0 Å². The molecular formula is C13H23Cl2N. The molecule has 0 aliphatic heterocycles. The number of nitrogens with one attached hydrogen (secondary N) is 1. The predicted molar refractivity (Wildman–Crippen MR) is 71.4 cm³/mol. The summed E-state index contributed by atoms with van der Waals surface area (Å²) in [6.07, 6.45) is 8.55. The fraction of sp³-hybridized carbons (Fsp3) is 1.00. The third kappa shape index (κ3) is 1.89. The maximum Gasteiger partial charge on any atom is 0.0421 e. The summed E-state index contributed by atoms with van der Waals surface area (Å²) in [4.78, 5) is 0. The van der Waals surface area contributed by atoms with Crippen LogP contribution in [0.5, 0.6) is 0 Å². The molecule has 1 nitrogen and oxygen atoms in total. The third-order valence-corrected chi connectivity index (χ3v) is 6.02. The topological polar surface area (TPSA) is 12.0 Å². The molecule has 0 aromatic heterocycles. The Balaban J connectivity index is 0.000000963. The van der Waals surface area contributed by atoms with Gasteiger partial charge in [-0.25, -0.2) is 0 Å². The summed E-state index contributed by atoms with van der Waals surface area (Å²) < 4.78 is 0. The maximum atomic E-state index is 6.74. The predicted octanol–water partition coefficient (Wildman–Crippen LogP) is 3.45. The Morgan fingerprint density at radius 2 is 1.81 bits per heavy atom. The van der Waals surface area contributed by atoms with Crippen LogP contribution in [0.25, 0.3) is 0 Å². The molecule has 0 aromatic carbocycles. The first-order chi connectivity index (χ1) is 7.23. The lowest BCUT2D eigenvalue weighted by Crippen LogP contribution is -2.54. The molecular weight excluding hydrogens is 241 g/mol. The fourth-order valence-electron chi connectivity index (χ4n) is 4.86. The zero-order chi connectivity index (χ0) is 10.5. The van der Waals surface area contributed by atoms with Crippen molar-refractivity contribution in [3.8, 4) is 0 Å². The summed E-state index contributed by atoms with van der Waals surface area (Å²) >= 11 is 6.74. The summed E-state index contributed by atoms with van der Waals surface area (Å²) in [6.45, 7) is 1.15. The molecule has 3 unspecified atom stereocenters. The summed E-state index contributed by atoms with van der Waals surface area (Å²) in [5, 5.41) is 3.79. The van der Waals surface area contributed by atoms with Crippen molar-refractivity contribution in [2.24, 2.45) is 23.2 Å². The van der Waals surface area contributed by atoms with E-state index < -0.39 is 0 Å². The van der Waals surface area contributed by atoms with Gasteiger partial charge in [-0.05, 0) is 75.3 Å². The smallest absolute Gasteiger partial charge is 0.0421 e. The van der Waals surface area contributed by atoms with Crippen LogP contribution in [0, 0.1) is 23.2 Å². The van der Waals surface area contributed by atoms with E-state index in [1.165, 1.54) is 38.5 Å². The van der Waals surface area contributed by atoms with Gasteiger partial charge in [0.1, 0.15) is 0 Å². The molecule has 0 amide bonds. The van der Waals surface area contributed by atoms with Gasteiger partial charge in [0, 0.05) is 5.38 Å². The standard InChI is InChI=1S/C13H22ClN.ClH/c1-15-3-2-13-7-9-4-10(8-13)6-11(5-9)12(13)14;/h9-12,15H,2-8H2,1H3;1H. The highest BCUT2D eigenvalue weighted by atomic mass is 35.5. The van der Waals surface area contributed by atoms with Gasteiger partial charge < -0.3 is 5.32 Å². The number of rotatable bonds is 3. The average Bonchev–Trinajstić information content (AvgIpc) is 2.22. The summed E-state index contributed by atoms with van der Waals surface area (Å²) in [6, 6.07) is 0. The van der Waals surface area contributed by atoms with Crippen molar-refractivity contribution in [2.75, 3.05) is 13.6 Å². The van der Waals surface area contributed by atoms with Crippen LogP contribution in [-0.4, -0.2) is 19.0 Å². The van der Waals surface area contributed by atoms with E-state index >= 15 is 0 Å². The number of halogens is 2. The van der Waals surface area contributed by atoms with Gasteiger partial charge in [0.15, 0.2) is 0 Å². The van der Waals surface area contributed by atoms with Gasteiger partial charge in [0.2, 0.25) is 0 Å². The average molecular weight is 264 g/mol. The van der Waals surface area contributed by atoms with Crippen molar-refractivity contribution >= 4 is 24.0 Å². The minimum absolute atomic E-state index is 0. The highest BCUT2D eigenvalue weighted by Crippen LogP contribution is 2.62. The minimum atomic E-state index is 0. The number of hydrogen-bond donors (Lipinski definition) is 1. The van der Waals surface area contributed by atoms with E-state index in [-0.39, 0.29) is 12.4 Å². The lowest BCUT2D eigenvalue weighted by molar-refractivity contribution is -0.0515. The molecule has 0 saturated heterocycles. The van der Waals surface area contributed by atoms with Crippen molar-refractivity contribution in [1.29, 1.82) is 0 Å². The molecule has 4 bridgehead atoms. The lowest BCUT2D eigenvalue weighted by Gasteiger charge is -2.59. The molecule has 0 spiro atoms.